The van der Waals surface area contributed by atoms with Crippen LogP contribution in [0.1, 0.15) is 24.0 Å². The van der Waals surface area contributed by atoms with E-state index in [9.17, 15) is 9.59 Å². The van der Waals surface area contributed by atoms with Crippen LogP contribution in [0.2, 0.25) is 0 Å². The van der Waals surface area contributed by atoms with E-state index in [-0.39, 0.29) is 24.4 Å². The third-order valence-electron chi connectivity index (χ3n) is 4.90. The maximum absolute atomic E-state index is 12.7. The molecule has 2 N–H and O–H groups in total. The van der Waals surface area contributed by atoms with E-state index >= 15 is 0 Å². The van der Waals surface area contributed by atoms with Crippen LogP contribution in [0, 0.1) is 0 Å². The number of primary amides is 1. The summed E-state index contributed by atoms with van der Waals surface area (Å²) in [6.45, 7) is 0. The minimum Gasteiger partial charge on any atom is -0.493 e. The summed E-state index contributed by atoms with van der Waals surface area (Å²) < 4.78 is 21.9. The number of benzene rings is 1. The quantitative estimate of drug-likeness (QED) is 0.793. The molecule has 0 saturated heterocycles. The fourth-order valence-electron chi connectivity index (χ4n) is 3.63. The van der Waals surface area contributed by atoms with Gasteiger partial charge in [-0.25, -0.2) is 0 Å². The van der Waals surface area contributed by atoms with Gasteiger partial charge in [-0.15, -0.1) is 0 Å². The lowest BCUT2D eigenvalue weighted by Crippen LogP contribution is -2.13. The highest BCUT2D eigenvalue weighted by Crippen LogP contribution is 2.49. The summed E-state index contributed by atoms with van der Waals surface area (Å²) in [6.07, 6.45) is 7.14. The van der Waals surface area contributed by atoms with Gasteiger partial charge in [0.25, 0.3) is 0 Å². The van der Waals surface area contributed by atoms with Crippen LogP contribution in [0.15, 0.2) is 41.2 Å². The molecule has 2 aliphatic carbocycles. The van der Waals surface area contributed by atoms with Crippen molar-refractivity contribution in [3.8, 4) is 17.2 Å². The molecule has 29 heavy (non-hydrogen) atoms. The Kier molecular flexibility index (Phi) is 5.77. The molecular weight excluding hydrogens is 374 g/mol. The molecule has 0 bridgehead atoms. The number of amides is 1. The zero-order valence-electron chi connectivity index (χ0n) is 16.8. The lowest BCUT2D eigenvalue weighted by atomic mass is 9.89. The van der Waals surface area contributed by atoms with Crippen LogP contribution in [0.25, 0.3) is 11.6 Å². The standard InChI is InChI=1S/C22H23NO6/c1-26-17-8-7-14-15(11-16(17)24)12(10-19(23)25)5-6-13-9-18(27-2)21(28-3)22(29-4)20(13)14/h5-9H,10-11H2,1-4H3,(H2,23,25). The van der Waals surface area contributed by atoms with Gasteiger partial charge in [0, 0.05) is 12.0 Å². The molecule has 152 valence electrons. The summed E-state index contributed by atoms with van der Waals surface area (Å²) in [6, 6.07) is 1.83. The molecule has 0 heterocycles. The number of rotatable bonds is 6. The van der Waals surface area contributed by atoms with Gasteiger partial charge in [0.15, 0.2) is 17.3 Å². The Hall–Kier alpha value is -3.48. The molecule has 0 aliphatic heterocycles. The molecule has 1 aromatic carbocycles. The summed E-state index contributed by atoms with van der Waals surface area (Å²) in [4.78, 5) is 24.3. The van der Waals surface area contributed by atoms with Crippen LogP contribution < -0.4 is 19.9 Å². The Balaban J connectivity index is 2.37. The topological polar surface area (TPSA) is 97.1 Å². The maximum atomic E-state index is 12.7. The van der Waals surface area contributed by atoms with Crippen molar-refractivity contribution in [3.63, 3.8) is 0 Å². The average molecular weight is 397 g/mol. The Morgan fingerprint density at radius 1 is 1.00 bits per heavy atom. The van der Waals surface area contributed by atoms with Crippen molar-refractivity contribution in [1.82, 2.24) is 0 Å². The van der Waals surface area contributed by atoms with Crippen LogP contribution in [0.4, 0.5) is 0 Å². The number of hydrogen-bond donors (Lipinski definition) is 1. The number of carbonyl (C=O) groups excluding carboxylic acids is 2. The van der Waals surface area contributed by atoms with Crippen molar-refractivity contribution >= 4 is 23.3 Å². The third-order valence-corrected chi connectivity index (χ3v) is 4.90. The summed E-state index contributed by atoms with van der Waals surface area (Å²) in [5.74, 6) is 0.977. The van der Waals surface area contributed by atoms with Crippen molar-refractivity contribution < 1.29 is 28.5 Å². The number of ether oxygens (including phenoxy) is 4. The van der Waals surface area contributed by atoms with E-state index in [1.807, 2.05) is 12.1 Å². The molecule has 0 aromatic heterocycles. The molecule has 0 saturated carbocycles. The van der Waals surface area contributed by atoms with Gasteiger partial charge in [0.1, 0.15) is 0 Å². The third kappa shape index (κ3) is 3.63. The highest BCUT2D eigenvalue weighted by atomic mass is 16.5. The largest absolute Gasteiger partial charge is 0.493 e. The maximum Gasteiger partial charge on any atom is 0.221 e. The second-order valence-electron chi connectivity index (χ2n) is 6.51. The Morgan fingerprint density at radius 2 is 1.72 bits per heavy atom. The van der Waals surface area contributed by atoms with E-state index in [1.165, 1.54) is 14.2 Å². The van der Waals surface area contributed by atoms with Crippen molar-refractivity contribution in [2.75, 3.05) is 28.4 Å². The zero-order chi connectivity index (χ0) is 21.1. The highest BCUT2D eigenvalue weighted by Gasteiger charge is 2.29. The fourth-order valence-corrected chi connectivity index (χ4v) is 3.63. The van der Waals surface area contributed by atoms with E-state index in [0.29, 0.717) is 28.4 Å². The number of Topliss-reactive ketones (excluding diaryl/α,β-unsaturated/α-hetero) is 1. The number of methoxy groups -OCH3 is 4. The number of nitrogens with two attached hydrogens (primary N) is 1. The number of fused-ring (bicyclic) bond motifs is 3. The zero-order valence-corrected chi connectivity index (χ0v) is 16.8. The van der Waals surface area contributed by atoms with E-state index in [0.717, 1.165) is 16.7 Å². The minimum absolute atomic E-state index is 0.00332. The first kappa shape index (κ1) is 20.3. The van der Waals surface area contributed by atoms with E-state index in [4.69, 9.17) is 24.7 Å². The second kappa shape index (κ2) is 8.26. The first-order chi connectivity index (χ1) is 13.9. The molecule has 0 unspecified atom stereocenters. The lowest BCUT2D eigenvalue weighted by molar-refractivity contribution is -0.118. The van der Waals surface area contributed by atoms with Crippen LogP contribution in [-0.4, -0.2) is 40.1 Å². The Bertz CT molecular complexity index is 997. The molecule has 7 heteroatoms. The van der Waals surface area contributed by atoms with Gasteiger partial charge in [0.2, 0.25) is 17.4 Å². The predicted molar refractivity (Wildman–Crippen MR) is 109 cm³/mol. The number of carbonyl (C=O) groups is 2. The summed E-state index contributed by atoms with van der Waals surface area (Å²) in [5, 5.41) is 0. The van der Waals surface area contributed by atoms with Crippen LogP contribution in [-0.2, 0) is 14.3 Å². The number of hydrogen-bond acceptors (Lipinski definition) is 6. The SMILES string of the molecule is COC1=CC=C2C(=C(CC(N)=O)C=Cc3cc(OC)c(OC)c(OC)c32)CC1=O. The van der Waals surface area contributed by atoms with E-state index in [2.05, 4.69) is 0 Å². The van der Waals surface area contributed by atoms with Gasteiger partial charge >= 0.3 is 0 Å². The fraction of sp³-hybridized carbons (Fsp3) is 0.273. The highest BCUT2D eigenvalue weighted by molar-refractivity contribution is 6.04. The lowest BCUT2D eigenvalue weighted by Gasteiger charge is -2.20. The molecule has 7 nitrogen and oxygen atoms in total. The molecule has 0 spiro atoms. The van der Waals surface area contributed by atoms with Crippen molar-refractivity contribution in [1.29, 1.82) is 0 Å². The van der Waals surface area contributed by atoms with Crippen LogP contribution in [0.3, 0.4) is 0 Å². The normalized spacial score (nSPS) is 15.4. The van der Waals surface area contributed by atoms with Crippen molar-refractivity contribution in [2.24, 2.45) is 5.73 Å². The summed E-state index contributed by atoms with van der Waals surface area (Å²) in [7, 11) is 6.06. The van der Waals surface area contributed by atoms with Crippen LogP contribution in [0.5, 0.6) is 17.2 Å². The molecule has 1 aromatic rings. The average Bonchev–Trinajstić information content (AvgIpc) is 2.95. The molecule has 0 fully saturated rings. The number of ketones is 1. The van der Waals surface area contributed by atoms with E-state index in [1.54, 1.807) is 32.4 Å². The summed E-state index contributed by atoms with van der Waals surface area (Å²) >= 11 is 0. The van der Waals surface area contributed by atoms with Gasteiger partial charge in [-0.1, -0.05) is 18.2 Å². The molecule has 0 atom stereocenters. The Labute approximate surface area is 169 Å². The summed E-state index contributed by atoms with van der Waals surface area (Å²) in [5.41, 5.74) is 9.08. The number of allylic oxidation sites excluding steroid dienone is 6. The van der Waals surface area contributed by atoms with Crippen molar-refractivity contribution in [3.05, 3.63) is 52.3 Å². The van der Waals surface area contributed by atoms with Gasteiger partial charge < -0.3 is 24.7 Å². The minimum atomic E-state index is -0.485. The van der Waals surface area contributed by atoms with Crippen LogP contribution >= 0.6 is 0 Å². The molecular formula is C22H23NO6. The Morgan fingerprint density at radius 3 is 2.31 bits per heavy atom. The van der Waals surface area contributed by atoms with E-state index < -0.39 is 5.91 Å². The molecule has 0 radical (unpaired) electrons. The monoisotopic (exact) mass is 397 g/mol. The first-order valence-corrected chi connectivity index (χ1v) is 8.96. The first-order valence-electron chi connectivity index (χ1n) is 8.96. The predicted octanol–water partition coefficient (Wildman–Crippen LogP) is 2.80. The van der Waals surface area contributed by atoms with Crippen molar-refractivity contribution in [2.45, 2.75) is 12.8 Å². The van der Waals surface area contributed by atoms with Gasteiger partial charge in [-0.3, -0.25) is 9.59 Å². The second-order valence-corrected chi connectivity index (χ2v) is 6.51. The van der Waals surface area contributed by atoms with Gasteiger partial charge in [0.05, 0.1) is 34.9 Å². The molecule has 3 rings (SSSR count). The molecule has 1 amide bonds. The van der Waals surface area contributed by atoms with Gasteiger partial charge in [-0.2, -0.15) is 0 Å². The van der Waals surface area contributed by atoms with Gasteiger partial charge in [-0.05, 0) is 34.4 Å². The smallest absolute Gasteiger partial charge is 0.221 e. The molecule has 2 aliphatic rings.